The maximum Gasteiger partial charge on any atom is 0.308 e. The summed E-state index contributed by atoms with van der Waals surface area (Å²) in [6, 6.07) is 12.2. The number of carbonyl (C=O) groups excluding carboxylic acids is 1. The van der Waals surface area contributed by atoms with E-state index in [1.165, 1.54) is 10.8 Å². The van der Waals surface area contributed by atoms with Crippen molar-refractivity contribution in [2.24, 2.45) is 5.84 Å². The van der Waals surface area contributed by atoms with Gasteiger partial charge in [0, 0.05) is 6.20 Å². The number of amides is 1. The fraction of sp³-hybridized carbons (Fsp3) is 0.0667. The normalized spacial score (nSPS) is 10.7. The highest BCUT2D eigenvalue weighted by atomic mass is 32.1. The van der Waals surface area contributed by atoms with Gasteiger partial charge in [-0.05, 0) is 24.3 Å². The lowest BCUT2D eigenvalue weighted by Gasteiger charge is -2.17. The Morgan fingerprint density at radius 2 is 2.00 bits per heavy atom. The molecule has 0 spiro atoms. The lowest BCUT2D eigenvalue weighted by Crippen LogP contribution is -2.45. The van der Waals surface area contributed by atoms with Crippen LogP contribution in [0.4, 0.5) is 0 Å². The Balaban J connectivity index is 1.85. The van der Waals surface area contributed by atoms with Crippen LogP contribution in [-0.4, -0.2) is 26.3 Å². The van der Waals surface area contributed by atoms with Crippen LogP contribution in [-0.2, 0) is 11.3 Å². The monoisotopic (exact) mass is 327 g/mol. The van der Waals surface area contributed by atoms with Crippen LogP contribution in [0.25, 0.3) is 10.2 Å². The maximum absolute atomic E-state index is 12.3. The number of hydrogen-bond acceptors (Lipinski definition) is 6. The molecule has 116 valence electrons. The van der Waals surface area contributed by atoms with E-state index in [4.69, 9.17) is 11.3 Å². The molecule has 1 amide bonds. The summed E-state index contributed by atoms with van der Waals surface area (Å²) in [4.78, 5) is 28.1. The van der Waals surface area contributed by atoms with E-state index in [9.17, 15) is 9.59 Å². The molecule has 0 radical (unpaired) electrons. The summed E-state index contributed by atoms with van der Waals surface area (Å²) < 4.78 is 2.15. The molecule has 1 aromatic carbocycles. The highest BCUT2D eigenvalue weighted by Gasteiger charge is 2.19. The third-order valence-electron chi connectivity index (χ3n) is 3.28. The lowest BCUT2D eigenvalue weighted by molar-refractivity contribution is -0.128. The minimum atomic E-state index is -0.564. The van der Waals surface area contributed by atoms with Gasteiger partial charge in [0.15, 0.2) is 5.84 Å². The number of hydrazine groups is 1. The molecule has 7 nitrogen and oxygen atoms in total. The van der Waals surface area contributed by atoms with Crippen molar-refractivity contribution in [3.63, 3.8) is 0 Å². The van der Waals surface area contributed by atoms with E-state index in [1.807, 2.05) is 12.1 Å². The van der Waals surface area contributed by atoms with Crippen molar-refractivity contribution >= 4 is 33.3 Å². The van der Waals surface area contributed by atoms with Crippen molar-refractivity contribution in [3.05, 3.63) is 64.0 Å². The Morgan fingerprint density at radius 1 is 1.26 bits per heavy atom. The van der Waals surface area contributed by atoms with Gasteiger partial charge in [-0.15, -0.1) is 0 Å². The molecule has 0 aliphatic rings. The first-order chi connectivity index (χ1) is 11.1. The van der Waals surface area contributed by atoms with Gasteiger partial charge in [-0.25, -0.2) is 10.9 Å². The third kappa shape index (κ3) is 2.89. The molecule has 0 fully saturated rings. The van der Waals surface area contributed by atoms with E-state index in [0.29, 0.717) is 10.5 Å². The van der Waals surface area contributed by atoms with Crippen LogP contribution < -0.4 is 10.7 Å². The number of thiazole rings is 1. The molecule has 0 bridgehead atoms. The van der Waals surface area contributed by atoms with Gasteiger partial charge in [0.25, 0.3) is 5.91 Å². The van der Waals surface area contributed by atoms with E-state index in [2.05, 4.69) is 4.98 Å². The number of benzene rings is 1. The molecular weight excluding hydrogens is 314 g/mol. The molecular formula is C15H13N5O2S. The highest BCUT2D eigenvalue weighted by molar-refractivity contribution is 7.16. The molecule has 2 heterocycles. The predicted molar refractivity (Wildman–Crippen MR) is 88.2 cm³/mol. The molecule has 3 N–H and O–H groups in total. The van der Waals surface area contributed by atoms with Crippen LogP contribution in [0.15, 0.2) is 53.5 Å². The quantitative estimate of drug-likeness (QED) is 0.248. The Bertz CT molecular complexity index is 932. The van der Waals surface area contributed by atoms with Crippen molar-refractivity contribution in [1.82, 2.24) is 14.6 Å². The Morgan fingerprint density at radius 3 is 2.74 bits per heavy atom. The molecule has 3 rings (SSSR count). The van der Waals surface area contributed by atoms with Gasteiger partial charge < -0.3 is 0 Å². The number of fused-ring (bicyclic) bond motifs is 1. The lowest BCUT2D eigenvalue weighted by atomic mass is 10.3. The van der Waals surface area contributed by atoms with E-state index in [1.54, 1.807) is 30.3 Å². The summed E-state index contributed by atoms with van der Waals surface area (Å²) in [5, 5.41) is 8.65. The van der Waals surface area contributed by atoms with Gasteiger partial charge in [0.05, 0.1) is 10.2 Å². The average Bonchev–Trinajstić information content (AvgIpc) is 2.90. The average molecular weight is 327 g/mol. The zero-order valence-electron chi connectivity index (χ0n) is 12.0. The van der Waals surface area contributed by atoms with Crippen LogP contribution in [0.1, 0.15) is 5.69 Å². The number of carbonyl (C=O) groups is 1. The Hall–Kier alpha value is -2.84. The number of amidine groups is 1. The molecule has 2 aromatic heterocycles. The van der Waals surface area contributed by atoms with Crippen LogP contribution in [0.2, 0.25) is 0 Å². The molecule has 8 heteroatoms. The number of hydrogen-bond donors (Lipinski definition) is 2. The van der Waals surface area contributed by atoms with Crippen LogP contribution in [0.5, 0.6) is 0 Å². The molecule has 23 heavy (non-hydrogen) atoms. The molecule has 0 atom stereocenters. The van der Waals surface area contributed by atoms with E-state index >= 15 is 0 Å². The van der Waals surface area contributed by atoms with Gasteiger partial charge in [0.2, 0.25) is 0 Å². The van der Waals surface area contributed by atoms with Gasteiger partial charge in [-0.1, -0.05) is 29.5 Å². The first-order valence-electron chi connectivity index (χ1n) is 6.74. The minimum Gasteiger partial charge on any atom is -0.289 e. The minimum absolute atomic E-state index is 0.219. The van der Waals surface area contributed by atoms with Crippen molar-refractivity contribution < 1.29 is 4.79 Å². The fourth-order valence-corrected chi connectivity index (χ4v) is 3.02. The van der Waals surface area contributed by atoms with Crippen molar-refractivity contribution in [1.29, 1.82) is 5.41 Å². The number of nitrogens with zero attached hydrogens (tertiary/aromatic N) is 3. The molecule has 0 aliphatic heterocycles. The summed E-state index contributed by atoms with van der Waals surface area (Å²) in [6.07, 6.45) is 1.51. The molecule has 0 saturated heterocycles. The second-order valence-corrected chi connectivity index (χ2v) is 5.74. The fourth-order valence-electron chi connectivity index (χ4n) is 2.13. The molecule has 0 saturated carbocycles. The molecule has 0 aliphatic carbocycles. The summed E-state index contributed by atoms with van der Waals surface area (Å²) in [5.74, 6) is 4.93. The SMILES string of the molecule is N=C(c1ccccn1)N(N)C(=O)Cn1c(=O)sc2ccccc21. The number of aromatic nitrogens is 2. The topological polar surface area (TPSA) is 105 Å². The summed E-state index contributed by atoms with van der Waals surface area (Å²) in [6.45, 7) is -0.228. The first-order valence-corrected chi connectivity index (χ1v) is 7.55. The molecule has 0 unspecified atom stereocenters. The van der Waals surface area contributed by atoms with Gasteiger partial charge in [0.1, 0.15) is 12.2 Å². The first kappa shape index (κ1) is 15.1. The summed E-state index contributed by atoms with van der Waals surface area (Å²) in [5.41, 5.74) is 0.958. The van der Waals surface area contributed by atoms with E-state index < -0.39 is 5.91 Å². The molecule has 3 aromatic rings. The Kier molecular flexibility index (Phi) is 4.00. The number of para-hydroxylation sites is 1. The van der Waals surface area contributed by atoms with Gasteiger partial charge in [-0.3, -0.25) is 24.5 Å². The number of nitrogens with two attached hydrogens (primary N) is 1. The van der Waals surface area contributed by atoms with Crippen LogP contribution in [0.3, 0.4) is 0 Å². The second-order valence-electron chi connectivity index (χ2n) is 4.75. The third-order valence-corrected chi connectivity index (χ3v) is 4.24. The maximum atomic E-state index is 12.3. The van der Waals surface area contributed by atoms with Crippen LogP contribution >= 0.6 is 11.3 Å². The summed E-state index contributed by atoms with van der Waals surface area (Å²) >= 11 is 1.07. The zero-order chi connectivity index (χ0) is 16.4. The number of pyridine rings is 1. The van der Waals surface area contributed by atoms with Crippen molar-refractivity contribution in [3.8, 4) is 0 Å². The Labute approximate surface area is 135 Å². The van der Waals surface area contributed by atoms with Gasteiger partial charge in [-0.2, -0.15) is 0 Å². The van der Waals surface area contributed by atoms with E-state index in [-0.39, 0.29) is 22.9 Å². The number of nitrogens with one attached hydrogen (secondary N) is 1. The second kappa shape index (κ2) is 6.11. The van der Waals surface area contributed by atoms with Crippen molar-refractivity contribution in [2.75, 3.05) is 0 Å². The predicted octanol–water partition coefficient (Wildman–Crippen LogP) is 1.19. The largest absolute Gasteiger partial charge is 0.308 e. The summed E-state index contributed by atoms with van der Waals surface area (Å²) in [7, 11) is 0. The van der Waals surface area contributed by atoms with Crippen molar-refractivity contribution in [2.45, 2.75) is 6.54 Å². The highest BCUT2D eigenvalue weighted by Crippen LogP contribution is 2.16. The number of rotatable bonds is 3. The zero-order valence-corrected chi connectivity index (χ0v) is 12.8. The standard InChI is InChI=1S/C15H13N5O2S/c16-14(10-5-3-4-8-18-10)20(17)13(21)9-19-11-6-1-2-7-12(11)23-15(19)22/h1-8,16H,9,17H2. The smallest absolute Gasteiger partial charge is 0.289 e. The van der Waals surface area contributed by atoms with E-state index in [0.717, 1.165) is 16.0 Å². The van der Waals surface area contributed by atoms with Gasteiger partial charge >= 0.3 is 4.87 Å². The van der Waals surface area contributed by atoms with Crippen LogP contribution in [0, 0.1) is 5.41 Å².